The molecule has 0 aromatic heterocycles. The highest BCUT2D eigenvalue weighted by Gasteiger charge is 2.70. The lowest BCUT2D eigenvalue weighted by Crippen LogP contribution is -2.66. The van der Waals surface area contributed by atoms with E-state index in [1.165, 1.54) is 37.7 Å². The van der Waals surface area contributed by atoms with Crippen LogP contribution in [0.1, 0.15) is 119 Å². The van der Waals surface area contributed by atoms with Crippen LogP contribution in [0.2, 0.25) is 0 Å². The molecule has 2 N–H and O–H groups in total. The standard InChI is InChI=1S/C34H55NO4/c1-22(2)23-13-17-34(21-36)19-18-32(6)24(29(23)34)9-10-26-31(5)15-8-20-35(27(37)11-12-28(38)39)30(3,4)25(31)14-16-33(26,32)7/h23-26,29,36H,1,8-21H2,2-7H3,(H,38,39)/t23-,24+,25?,26+,29+,31-,32+,33+,34+/m0/s1. The van der Waals surface area contributed by atoms with Crippen molar-refractivity contribution < 1.29 is 19.8 Å². The lowest BCUT2D eigenvalue weighted by atomic mass is 9.33. The Bertz CT molecular complexity index is 1020. The summed E-state index contributed by atoms with van der Waals surface area (Å²) in [6, 6.07) is 0. The number of aliphatic hydroxyl groups excluding tert-OH is 1. The predicted molar refractivity (Wildman–Crippen MR) is 155 cm³/mol. The van der Waals surface area contributed by atoms with Crippen LogP contribution >= 0.6 is 0 Å². The quantitative estimate of drug-likeness (QED) is 0.365. The highest BCUT2D eigenvalue weighted by molar-refractivity contribution is 5.81. The van der Waals surface area contributed by atoms with Crippen LogP contribution in [0.25, 0.3) is 0 Å². The number of fused-ring (bicyclic) bond motifs is 7. The van der Waals surface area contributed by atoms with Crippen LogP contribution in [-0.4, -0.2) is 45.7 Å². The van der Waals surface area contributed by atoms with Crippen LogP contribution < -0.4 is 0 Å². The molecular formula is C34H55NO4. The first kappa shape index (κ1) is 29.1. The summed E-state index contributed by atoms with van der Waals surface area (Å²) in [5.41, 5.74) is 1.76. The molecule has 5 heteroatoms. The number of rotatable bonds is 5. The Balaban J connectivity index is 1.48. The van der Waals surface area contributed by atoms with Gasteiger partial charge in [0, 0.05) is 25.1 Å². The lowest BCUT2D eigenvalue weighted by molar-refractivity contribution is -0.229. The topological polar surface area (TPSA) is 77.8 Å². The molecule has 1 heterocycles. The van der Waals surface area contributed by atoms with Gasteiger partial charge in [-0.15, -0.1) is 0 Å². The van der Waals surface area contributed by atoms with Gasteiger partial charge in [0.15, 0.2) is 0 Å². The molecule has 220 valence electrons. The fraction of sp³-hybridized carbons (Fsp3) is 0.882. The van der Waals surface area contributed by atoms with Gasteiger partial charge in [0.25, 0.3) is 0 Å². The van der Waals surface area contributed by atoms with E-state index in [0.717, 1.165) is 38.6 Å². The van der Waals surface area contributed by atoms with E-state index in [0.29, 0.717) is 36.2 Å². The number of carbonyl (C=O) groups excluding carboxylic acids is 1. The van der Waals surface area contributed by atoms with Crippen LogP contribution in [0.5, 0.6) is 0 Å². The number of aliphatic hydroxyl groups is 1. The molecule has 1 saturated heterocycles. The summed E-state index contributed by atoms with van der Waals surface area (Å²) >= 11 is 0. The van der Waals surface area contributed by atoms with Gasteiger partial charge in [0.2, 0.25) is 5.91 Å². The molecule has 0 aromatic rings. The Morgan fingerprint density at radius 2 is 1.59 bits per heavy atom. The molecule has 0 aromatic carbocycles. The summed E-state index contributed by atoms with van der Waals surface area (Å²) in [6.45, 7) is 20.1. The van der Waals surface area contributed by atoms with Gasteiger partial charge >= 0.3 is 5.97 Å². The zero-order valence-electron chi connectivity index (χ0n) is 25.7. The van der Waals surface area contributed by atoms with Gasteiger partial charge in [0.05, 0.1) is 6.42 Å². The van der Waals surface area contributed by atoms with Crippen molar-refractivity contribution in [2.24, 2.45) is 51.2 Å². The summed E-state index contributed by atoms with van der Waals surface area (Å²) in [5, 5.41) is 19.9. The molecule has 5 rings (SSSR count). The minimum absolute atomic E-state index is 0.00958. The molecule has 4 aliphatic carbocycles. The first-order chi connectivity index (χ1) is 18.2. The van der Waals surface area contributed by atoms with Gasteiger partial charge in [-0.2, -0.15) is 0 Å². The largest absolute Gasteiger partial charge is 0.481 e. The van der Waals surface area contributed by atoms with Crippen molar-refractivity contribution in [3.05, 3.63) is 12.2 Å². The number of carboxylic acids is 1. The average molecular weight is 542 g/mol. The number of nitrogens with zero attached hydrogens (tertiary/aromatic N) is 1. The maximum atomic E-state index is 13.3. The maximum Gasteiger partial charge on any atom is 0.303 e. The number of hydrogen-bond acceptors (Lipinski definition) is 3. The Kier molecular flexibility index (Phi) is 7.17. The monoisotopic (exact) mass is 541 g/mol. The summed E-state index contributed by atoms with van der Waals surface area (Å²) in [4.78, 5) is 26.6. The smallest absolute Gasteiger partial charge is 0.303 e. The van der Waals surface area contributed by atoms with Crippen molar-refractivity contribution in [3.63, 3.8) is 0 Å². The Labute approximate surface area is 237 Å². The fourth-order valence-corrected chi connectivity index (χ4v) is 12.3. The van der Waals surface area contributed by atoms with Crippen molar-refractivity contribution in [3.8, 4) is 0 Å². The van der Waals surface area contributed by atoms with Gasteiger partial charge in [-0.05, 0) is 136 Å². The number of carboxylic acid groups (broad SMARTS) is 1. The van der Waals surface area contributed by atoms with E-state index in [1.807, 2.05) is 0 Å². The zero-order chi connectivity index (χ0) is 28.6. The number of likely N-dealkylation sites (tertiary alicyclic amines) is 1. The van der Waals surface area contributed by atoms with Crippen molar-refractivity contribution in [1.82, 2.24) is 4.90 Å². The molecule has 39 heavy (non-hydrogen) atoms. The second-order valence-corrected chi connectivity index (χ2v) is 15.9. The molecule has 9 atom stereocenters. The highest BCUT2D eigenvalue weighted by Crippen LogP contribution is 2.76. The van der Waals surface area contributed by atoms with Crippen LogP contribution in [-0.2, 0) is 9.59 Å². The van der Waals surface area contributed by atoms with Gasteiger partial charge in [-0.1, -0.05) is 32.9 Å². The third-order valence-electron chi connectivity index (χ3n) is 14.3. The molecule has 1 amide bonds. The molecule has 4 saturated carbocycles. The van der Waals surface area contributed by atoms with Crippen LogP contribution in [0, 0.1) is 51.2 Å². The summed E-state index contributed by atoms with van der Waals surface area (Å²) < 4.78 is 0. The fourth-order valence-electron chi connectivity index (χ4n) is 12.3. The van der Waals surface area contributed by atoms with Gasteiger partial charge in [-0.3, -0.25) is 9.59 Å². The van der Waals surface area contributed by atoms with E-state index in [4.69, 9.17) is 0 Å². The van der Waals surface area contributed by atoms with E-state index in [2.05, 4.69) is 53.0 Å². The minimum Gasteiger partial charge on any atom is -0.481 e. The van der Waals surface area contributed by atoms with Crippen molar-refractivity contribution >= 4 is 11.9 Å². The number of amides is 1. The normalized spacial score (nSPS) is 46.7. The highest BCUT2D eigenvalue weighted by atomic mass is 16.4. The second-order valence-electron chi connectivity index (χ2n) is 15.9. The van der Waals surface area contributed by atoms with Gasteiger partial charge < -0.3 is 15.1 Å². The zero-order valence-corrected chi connectivity index (χ0v) is 25.7. The van der Waals surface area contributed by atoms with E-state index in [-0.39, 0.29) is 45.9 Å². The van der Waals surface area contributed by atoms with Crippen molar-refractivity contribution in [2.75, 3.05) is 13.2 Å². The predicted octanol–water partition coefficient (Wildman–Crippen LogP) is 7.08. The SMILES string of the molecule is C=C(C)[C@@H]1CC[C@]2(CO)CC[C@]3(C)[C@H](CC[C@@H]4[C@@]5(C)CCCN(C(=O)CCC(=O)O)C(C)(C)C5CC[C@]43C)[C@@H]12. The Morgan fingerprint density at radius 1 is 0.872 bits per heavy atom. The molecule has 0 radical (unpaired) electrons. The molecule has 1 aliphatic heterocycles. The first-order valence-electron chi connectivity index (χ1n) is 16.0. The van der Waals surface area contributed by atoms with E-state index < -0.39 is 5.97 Å². The third-order valence-corrected chi connectivity index (χ3v) is 14.3. The first-order valence-corrected chi connectivity index (χ1v) is 16.0. The van der Waals surface area contributed by atoms with E-state index in [9.17, 15) is 19.8 Å². The third kappa shape index (κ3) is 4.02. The molecular weight excluding hydrogens is 486 g/mol. The molecule has 0 spiro atoms. The molecule has 5 aliphatic rings. The van der Waals surface area contributed by atoms with E-state index >= 15 is 0 Å². The summed E-state index contributed by atoms with van der Waals surface area (Å²) in [7, 11) is 0. The number of hydrogen-bond donors (Lipinski definition) is 2. The lowest BCUT2D eigenvalue weighted by Gasteiger charge is -2.71. The van der Waals surface area contributed by atoms with Gasteiger partial charge in [-0.25, -0.2) is 0 Å². The Morgan fingerprint density at radius 3 is 2.23 bits per heavy atom. The molecule has 5 fully saturated rings. The molecule has 1 unspecified atom stereocenters. The second kappa shape index (κ2) is 9.60. The van der Waals surface area contributed by atoms with E-state index in [1.54, 1.807) is 0 Å². The number of carbonyl (C=O) groups is 2. The molecule has 0 bridgehead atoms. The summed E-state index contributed by atoms with van der Waals surface area (Å²) in [5.74, 6) is 1.87. The Hall–Kier alpha value is -1.36. The summed E-state index contributed by atoms with van der Waals surface area (Å²) in [6.07, 6.45) is 11.7. The van der Waals surface area contributed by atoms with Gasteiger partial charge in [0.1, 0.15) is 0 Å². The minimum atomic E-state index is -0.895. The molecule has 5 nitrogen and oxygen atoms in total. The van der Waals surface area contributed by atoms with Crippen LogP contribution in [0.15, 0.2) is 12.2 Å². The van der Waals surface area contributed by atoms with Crippen molar-refractivity contribution in [1.29, 1.82) is 0 Å². The number of allylic oxidation sites excluding steroid dienone is 1. The average Bonchev–Trinajstić information content (AvgIpc) is 3.21. The number of aliphatic carboxylic acids is 1. The van der Waals surface area contributed by atoms with Crippen LogP contribution in [0.3, 0.4) is 0 Å². The maximum absolute atomic E-state index is 13.3. The van der Waals surface area contributed by atoms with Crippen LogP contribution in [0.4, 0.5) is 0 Å². The van der Waals surface area contributed by atoms with Crippen molar-refractivity contribution in [2.45, 2.75) is 124 Å².